The predicted octanol–water partition coefficient (Wildman–Crippen LogP) is 2.80. The molecule has 0 radical (unpaired) electrons. The van der Waals surface area contributed by atoms with Gasteiger partial charge in [0.15, 0.2) is 0 Å². The lowest BCUT2D eigenvalue weighted by molar-refractivity contribution is 0.279. The second-order valence-corrected chi connectivity index (χ2v) is 4.77. The van der Waals surface area contributed by atoms with Crippen LogP contribution < -0.4 is 5.32 Å². The van der Waals surface area contributed by atoms with Crippen molar-refractivity contribution in [3.8, 4) is 0 Å². The molecule has 0 saturated heterocycles. The van der Waals surface area contributed by atoms with Crippen LogP contribution in [0.4, 0.5) is 0 Å². The largest absolute Gasteiger partial charge is 0.314 e. The van der Waals surface area contributed by atoms with E-state index in [4.69, 9.17) is 0 Å². The molecule has 0 aromatic rings. The van der Waals surface area contributed by atoms with Gasteiger partial charge in [0.05, 0.1) is 0 Å². The Morgan fingerprint density at radius 3 is 2.50 bits per heavy atom. The van der Waals surface area contributed by atoms with Gasteiger partial charge in [-0.2, -0.15) is 0 Å². The minimum absolute atomic E-state index is 0.657. The van der Waals surface area contributed by atoms with E-state index in [2.05, 4.69) is 35.1 Å². The van der Waals surface area contributed by atoms with Crippen LogP contribution in [0.2, 0.25) is 0 Å². The molecule has 0 amide bonds. The molecule has 1 fully saturated rings. The Morgan fingerprint density at radius 1 is 1.42 bits per heavy atom. The van der Waals surface area contributed by atoms with Crippen LogP contribution in [0.3, 0.4) is 0 Å². The topological polar surface area (TPSA) is 12.0 Å². The molecule has 12 heavy (non-hydrogen) atoms. The quantitative estimate of drug-likeness (QED) is 0.721. The number of hydrogen-bond donors (Lipinski definition) is 1. The molecule has 0 aliphatic heterocycles. The van der Waals surface area contributed by atoms with Crippen molar-refractivity contribution < 1.29 is 0 Å². The van der Waals surface area contributed by atoms with Crippen molar-refractivity contribution in [1.29, 1.82) is 0 Å². The molecule has 1 rings (SSSR count). The molecule has 2 unspecified atom stereocenters. The molecule has 0 bridgehead atoms. The second-order valence-electron chi connectivity index (χ2n) is 4.13. The van der Waals surface area contributed by atoms with Crippen LogP contribution in [-0.2, 0) is 0 Å². The summed E-state index contributed by atoms with van der Waals surface area (Å²) >= 11 is 3.51. The molecule has 0 spiro atoms. The summed E-state index contributed by atoms with van der Waals surface area (Å²) in [6, 6.07) is 0.657. The molecule has 2 atom stereocenters. The minimum atomic E-state index is 0.657. The molecule has 0 heterocycles. The molecule has 1 aliphatic rings. The summed E-state index contributed by atoms with van der Waals surface area (Å²) in [5, 5.41) is 4.71. The lowest BCUT2D eigenvalue weighted by Gasteiger charge is -2.28. The van der Waals surface area contributed by atoms with Gasteiger partial charge in [0, 0.05) is 11.4 Å². The van der Waals surface area contributed by atoms with E-state index in [1.165, 1.54) is 25.8 Å². The van der Waals surface area contributed by atoms with E-state index in [-0.39, 0.29) is 0 Å². The van der Waals surface area contributed by atoms with Gasteiger partial charge < -0.3 is 5.32 Å². The van der Waals surface area contributed by atoms with E-state index in [0.717, 1.165) is 17.2 Å². The zero-order valence-electron chi connectivity index (χ0n) is 8.15. The second kappa shape index (κ2) is 5.23. The van der Waals surface area contributed by atoms with Gasteiger partial charge in [0.2, 0.25) is 0 Å². The highest BCUT2D eigenvalue weighted by atomic mass is 79.9. The number of alkyl halides is 1. The average molecular weight is 234 g/mol. The van der Waals surface area contributed by atoms with Crippen LogP contribution >= 0.6 is 15.9 Å². The van der Waals surface area contributed by atoms with Crippen LogP contribution in [-0.4, -0.2) is 17.9 Å². The number of rotatable bonds is 5. The highest BCUT2D eigenvalue weighted by Crippen LogP contribution is 2.25. The van der Waals surface area contributed by atoms with Crippen molar-refractivity contribution in [2.75, 3.05) is 11.9 Å². The fraction of sp³-hybridized carbons (Fsp3) is 1.00. The minimum Gasteiger partial charge on any atom is -0.314 e. The van der Waals surface area contributed by atoms with Gasteiger partial charge in [0.1, 0.15) is 0 Å². The van der Waals surface area contributed by atoms with Gasteiger partial charge in [-0.1, -0.05) is 29.3 Å². The van der Waals surface area contributed by atoms with Crippen molar-refractivity contribution in [1.82, 2.24) is 5.32 Å². The summed E-state index contributed by atoms with van der Waals surface area (Å²) in [7, 11) is 0. The summed E-state index contributed by atoms with van der Waals surface area (Å²) < 4.78 is 0. The summed E-state index contributed by atoms with van der Waals surface area (Å²) in [5.41, 5.74) is 0. The van der Waals surface area contributed by atoms with E-state index < -0.39 is 0 Å². The first kappa shape index (κ1) is 10.5. The van der Waals surface area contributed by atoms with Gasteiger partial charge in [-0.15, -0.1) is 0 Å². The lowest BCUT2D eigenvalue weighted by atomic mass is 9.85. The third-order valence-corrected chi connectivity index (χ3v) is 4.07. The third kappa shape index (κ3) is 3.06. The van der Waals surface area contributed by atoms with Crippen LogP contribution in [0.25, 0.3) is 0 Å². The van der Waals surface area contributed by atoms with Crippen molar-refractivity contribution in [2.24, 2.45) is 11.8 Å². The maximum atomic E-state index is 3.61. The Balaban J connectivity index is 2.04. The van der Waals surface area contributed by atoms with Crippen LogP contribution in [0, 0.1) is 11.8 Å². The Labute approximate surface area is 84.4 Å². The van der Waals surface area contributed by atoms with Gasteiger partial charge >= 0.3 is 0 Å². The SMILES string of the molecule is CC(CBr)C(C)NCC1CCC1. The van der Waals surface area contributed by atoms with Crippen molar-refractivity contribution in [2.45, 2.75) is 39.2 Å². The van der Waals surface area contributed by atoms with E-state index in [1.807, 2.05) is 0 Å². The summed E-state index contributed by atoms with van der Waals surface area (Å²) in [5.74, 6) is 1.72. The van der Waals surface area contributed by atoms with Gasteiger partial charge in [-0.05, 0) is 38.1 Å². The molecule has 1 nitrogen and oxygen atoms in total. The Kier molecular flexibility index (Phi) is 4.59. The maximum absolute atomic E-state index is 3.61. The highest BCUT2D eigenvalue weighted by molar-refractivity contribution is 9.09. The molecule has 0 aromatic heterocycles. The normalized spacial score (nSPS) is 23.2. The first-order valence-electron chi connectivity index (χ1n) is 5.03. The van der Waals surface area contributed by atoms with Gasteiger partial charge in [-0.25, -0.2) is 0 Å². The number of halogens is 1. The van der Waals surface area contributed by atoms with Crippen LogP contribution in [0.1, 0.15) is 33.1 Å². The lowest BCUT2D eigenvalue weighted by Crippen LogP contribution is -2.37. The third-order valence-electron chi connectivity index (χ3n) is 3.05. The van der Waals surface area contributed by atoms with E-state index in [1.54, 1.807) is 0 Å². The maximum Gasteiger partial charge on any atom is 0.00724 e. The molecule has 1 aliphatic carbocycles. The average Bonchev–Trinajstić information content (AvgIpc) is 2.00. The molecule has 1 saturated carbocycles. The van der Waals surface area contributed by atoms with E-state index in [0.29, 0.717) is 6.04 Å². The Morgan fingerprint density at radius 2 is 2.08 bits per heavy atom. The van der Waals surface area contributed by atoms with Crippen LogP contribution in [0.15, 0.2) is 0 Å². The van der Waals surface area contributed by atoms with Crippen molar-refractivity contribution >= 4 is 15.9 Å². The summed E-state index contributed by atoms with van der Waals surface area (Å²) in [6.07, 6.45) is 4.35. The number of nitrogens with one attached hydrogen (secondary N) is 1. The highest BCUT2D eigenvalue weighted by Gasteiger charge is 2.18. The van der Waals surface area contributed by atoms with Crippen molar-refractivity contribution in [3.63, 3.8) is 0 Å². The fourth-order valence-electron chi connectivity index (χ4n) is 1.38. The monoisotopic (exact) mass is 233 g/mol. The zero-order chi connectivity index (χ0) is 8.97. The fourth-order valence-corrected chi connectivity index (χ4v) is 1.95. The summed E-state index contributed by atoms with van der Waals surface area (Å²) in [6.45, 7) is 5.80. The molecule has 0 aromatic carbocycles. The Bertz CT molecular complexity index is 123. The molecule has 1 N–H and O–H groups in total. The Hall–Kier alpha value is 0.440. The molecular formula is C10H20BrN. The first-order chi connectivity index (χ1) is 5.74. The molecule has 2 heteroatoms. The van der Waals surface area contributed by atoms with E-state index >= 15 is 0 Å². The standard InChI is InChI=1S/C10H20BrN/c1-8(6-11)9(2)12-7-10-4-3-5-10/h8-10,12H,3-7H2,1-2H3. The van der Waals surface area contributed by atoms with Gasteiger partial charge in [-0.3, -0.25) is 0 Å². The predicted molar refractivity (Wildman–Crippen MR) is 57.8 cm³/mol. The van der Waals surface area contributed by atoms with Gasteiger partial charge in [0.25, 0.3) is 0 Å². The van der Waals surface area contributed by atoms with E-state index in [9.17, 15) is 0 Å². The van der Waals surface area contributed by atoms with Crippen molar-refractivity contribution in [3.05, 3.63) is 0 Å². The molecule has 72 valence electrons. The smallest absolute Gasteiger partial charge is 0.00724 e. The first-order valence-corrected chi connectivity index (χ1v) is 6.15. The number of hydrogen-bond acceptors (Lipinski definition) is 1. The zero-order valence-corrected chi connectivity index (χ0v) is 9.73. The summed E-state index contributed by atoms with van der Waals surface area (Å²) in [4.78, 5) is 0. The van der Waals surface area contributed by atoms with Crippen LogP contribution in [0.5, 0.6) is 0 Å². The molecular weight excluding hydrogens is 214 g/mol.